The lowest BCUT2D eigenvalue weighted by atomic mass is 10.5. The second-order valence-electron chi connectivity index (χ2n) is 3.33. The molecule has 0 aliphatic carbocycles. The summed E-state index contributed by atoms with van der Waals surface area (Å²) < 4.78 is 42.2. The summed E-state index contributed by atoms with van der Waals surface area (Å²) in [6.07, 6.45) is -4.61. The van der Waals surface area contributed by atoms with Gasteiger partial charge in [-0.3, -0.25) is 9.36 Å². The second-order valence-corrected chi connectivity index (χ2v) is 3.33. The molecule has 5 nitrogen and oxygen atoms in total. The van der Waals surface area contributed by atoms with Crippen LogP contribution in [-0.4, -0.2) is 33.3 Å². The van der Waals surface area contributed by atoms with Gasteiger partial charge in [0.1, 0.15) is 6.54 Å². The van der Waals surface area contributed by atoms with E-state index >= 15 is 0 Å². The Morgan fingerprint density at radius 1 is 1.44 bits per heavy atom. The van der Waals surface area contributed by atoms with Crippen molar-refractivity contribution >= 4 is 6.29 Å². The van der Waals surface area contributed by atoms with Crippen LogP contribution in [0.1, 0.15) is 24.5 Å². The number of aldehydes is 1. The maximum atomic E-state index is 12.2. The smallest absolute Gasteiger partial charge is 0.406 e. The molecule has 0 aliphatic heterocycles. The molecule has 0 spiro atoms. The van der Waals surface area contributed by atoms with E-state index in [9.17, 15) is 18.0 Å². The van der Waals surface area contributed by atoms with Gasteiger partial charge in [0, 0.05) is 0 Å². The lowest BCUT2D eigenvalue weighted by molar-refractivity contribution is -0.141. The topological polar surface area (TPSA) is 57.0 Å². The van der Waals surface area contributed by atoms with E-state index in [2.05, 4.69) is 10.2 Å². The zero-order chi connectivity index (χ0) is 12.3. The Balaban J connectivity index is 3.01. The molecule has 1 aromatic heterocycles. The van der Waals surface area contributed by atoms with Crippen LogP contribution in [0.4, 0.5) is 13.2 Å². The summed E-state index contributed by atoms with van der Waals surface area (Å²) in [5.41, 5.74) is 0. The van der Waals surface area contributed by atoms with Gasteiger partial charge >= 0.3 is 12.2 Å². The molecule has 0 amide bonds. The number of carbonyl (C=O) groups excluding carboxylic acids is 1. The van der Waals surface area contributed by atoms with Crippen LogP contribution in [0.15, 0.2) is 0 Å². The van der Waals surface area contributed by atoms with Gasteiger partial charge in [0.05, 0.1) is 6.10 Å². The minimum absolute atomic E-state index is 0.200. The van der Waals surface area contributed by atoms with E-state index in [-0.39, 0.29) is 18.4 Å². The molecule has 8 heteroatoms. The predicted molar refractivity (Wildman–Crippen MR) is 47.2 cm³/mol. The first-order valence-electron chi connectivity index (χ1n) is 4.45. The van der Waals surface area contributed by atoms with Crippen molar-refractivity contribution in [2.45, 2.75) is 32.7 Å². The number of alkyl halides is 3. The van der Waals surface area contributed by atoms with E-state index < -0.39 is 18.5 Å². The van der Waals surface area contributed by atoms with Crippen molar-refractivity contribution in [1.82, 2.24) is 14.8 Å². The largest absolute Gasteiger partial charge is 0.461 e. The van der Waals surface area contributed by atoms with Crippen LogP contribution in [0.3, 0.4) is 0 Å². The molecule has 0 aromatic carbocycles. The van der Waals surface area contributed by atoms with Crippen LogP contribution in [0.5, 0.6) is 6.01 Å². The summed E-state index contributed by atoms with van der Waals surface area (Å²) in [4.78, 5) is 10.5. The normalized spacial score (nSPS) is 11.9. The standard InChI is InChI=1S/C8H10F3N3O2/c1-5(2)16-7-13-12-6(3-15)14(7)4-8(9,10)11/h3,5H,4H2,1-2H3. The summed E-state index contributed by atoms with van der Waals surface area (Å²) >= 11 is 0. The molecule has 0 fully saturated rings. The van der Waals surface area contributed by atoms with Crippen molar-refractivity contribution in [2.75, 3.05) is 0 Å². The molecular formula is C8H10F3N3O2. The number of hydrogen-bond acceptors (Lipinski definition) is 4. The number of hydrogen-bond donors (Lipinski definition) is 0. The average molecular weight is 237 g/mol. The summed E-state index contributed by atoms with van der Waals surface area (Å²) in [5, 5.41) is 6.66. The molecule has 1 rings (SSSR count). The van der Waals surface area contributed by atoms with Crippen LogP contribution < -0.4 is 4.74 Å². The predicted octanol–water partition coefficient (Wildman–Crippen LogP) is 1.44. The average Bonchev–Trinajstić information content (AvgIpc) is 2.45. The van der Waals surface area contributed by atoms with Crippen molar-refractivity contribution in [3.63, 3.8) is 0 Å². The summed E-state index contributed by atoms with van der Waals surface area (Å²) in [6.45, 7) is 1.91. The van der Waals surface area contributed by atoms with Crippen molar-refractivity contribution in [1.29, 1.82) is 0 Å². The minimum atomic E-state index is -4.46. The quantitative estimate of drug-likeness (QED) is 0.743. The highest BCUT2D eigenvalue weighted by atomic mass is 19.4. The fourth-order valence-electron chi connectivity index (χ4n) is 1.01. The third-order valence-corrected chi connectivity index (χ3v) is 1.53. The minimum Gasteiger partial charge on any atom is -0.461 e. The van der Waals surface area contributed by atoms with Gasteiger partial charge in [-0.25, -0.2) is 0 Å². The van der Waals surface area contributed by atoms with Gasteiger partial charge in [-0.15, -0.1) is 5.10 Å². The fraction of sp³-hybridized carbons (Fsp3) is 0.625. The number of ether oxygens (including phenoxy) is 1. The van der Waals surface area contributed by atoms with Gasteiger partial charge in [-0.1, -0.05) is 5.10 Å². The Bertz CT molecular complexity index is 373. The van der Waals surface area contributed by atoms with E-state index in [1.807, 2.05) is 0 Å². The third-order valence-electron chi connectivity index (χ3n) is 1.53. The zero-order valence-electron chi connectivity index (χ0n) is 8.65. The number of halogens is 3. The maximum Gasteiger partial charge on any atom is 0.406 e. The number of aromatic nitrogens is 3. The van der Waals surface area contributed by atoms with Gasteiger partial charge in [-0.05, 0) is 13.8 Å². The van der Waals surface area contributed by atoms with Crippen molar-refractivity contribution in [3.8, 4) is 6.01 Å². The highest BCUT2D eigenvalue weighted by Crippen LogP contribution is 2.21. The molecule has 0 aliphatic rings. The van der Waals surface area contributed by atoms with Crippen molar-refractivity contribution in [3.05, 3.63) is 5.82 Å². The van der Waals surface area contributed by atoms with Crippen molar-refractivity contribution < 1.29 is 22.7 Å². The Morgan fingerprint density at radius 2 is 2.06 bits per heavy atom. The van der Waals surface area contributed by atoms with E-state index in [4.69, 9.17) is 4.74 Å². The number of rotatable bonds is 4. The fourth-order valence-corrected chi connectivity index (χ4v) is 1.01. The Kier molecular flexibility index (Phi) is 3.51. The molecule has 0 saturated carbocycles. The van der Waals surface area contributed by atoms with Gasteiger partial charge < -0.3 is 4.74 Å². The molecule has 16 heavy (non-hydrogen) atoms. The van der Waals surface area contributed by atoms with E-state index in [1.165, 1.54) is 0 Å². The molecule has 0 N–H and O–H groups in total. The van der Waals surface area contributed by atoms with Gasteiger partial charge in [-0.2, -0.15) is 13.2 Å². The van der Waals surface area contributed by atoms with Crippen LogP contribution in [-0.2, 0) is 6.54 Å². The number of nitrogens with zero attached hydrogens (tertiary/aromatic N) is 3. The van der Waals surface area contributed by atoms with Crippen molar-refractivity contribution in [2.24, 2.45) is 0 Å². The Morgan fingerprint density at radius 3 is 2.50 bits per heavy atom. The molecule has 0 bridgehead atoms. The summed E-state index contributed by atoms with van der Waals surface area (Å²) in [6, 6.07) is -0.311. The first-order valence-corrected chi connectivity index (χ1v) is 4.45. The molecule has 1 aromatic rings. The van der Waals surface area contributed by atoms with Gasteiger partial charge in [0.25, 0.3) is 0 Å². The molecule has 0 unspecified atom stereocenters. The zero-order valence-corrected chi connectivity index (χ0v) is 8.65. The lowest BCUT2D eigenvalue weighted by Gasteiger charge is -2.12. The summed E-state index contributed by atoms with van der Waals surface area (Å²) in [7, 11) is 0. The Labute approximate surface area is 89.2 Å². The summed E-state index contributed by atoms with van der Waals surface area (Å²) in [5.74, 6) is -0.409. The monoisotopic (exact) mass is 237 g/mol. The second kappa shape index (κ2) is 4.50. The van der Waals surface area contributed by atoms with Gasteiger partial charge in [0.15, 0.2) is 12.1 Å². The molecule has 0 atom stereocenters. The molecular weight excluding hydrogens is 227 g/mol. The van der Waals surface area contributed by atoms with Crippen LogP contribution >= 0.6 is 0 Å². The van der Waals surface area contributed by atoms with E-state index in [0.717, 1.165) is 0 Å². The molecule has 1 heterocycles. The highest BCUT2D eigenvalue weighted by Gasteiger charge is 2.31. The first-order chi connectivity index (χ1) is 7.33. The highest BCUT2D eigenvalue weighted by molar-refractivity contribution is 5.69. The molecule has 0 radical (unpaired) electrons. The maximum absolute atomic E-state index is 12.2. The first kappa shape index (κ1) is 12.5. The van der Waals surface area contributed by atoms with Crippen LogP contribution in [0.25, 0.3) is 0 Å². The molecule has 0 saturated heterocycles. The van der Waals surface area contributed by atoms with Crippen LogP contribution in [0.2, 0.25) is 0 Å². The van der Waals surface area contributed by atoms with Gasteiger partial charge in [0.2, 0.25) is 0 Å². The Hall–Kier alpha value is -1.60. The van der Waals surface area contributed by atoms with E-state index in [0.29, 0.717) is 4.57 Å². The number of carbonyl (C=O) groups is 1. The SMILES string of the molecule is CC(C)Oc1nnc(C=O)n1CC(F)(F)F. The van der Waals surface area contributed by atoms with E-state index in [1.54, 1.807) is 13.8 Å². The van der Waals surface area contributed by atoms with Crippen LogP contribution in [0, 0.1) is 0 Å². The third kappa shape index (κ3) is 3.21. The molecule has 90 valence electrons. The lowest BCUT2D eigenvalue weighted by Crippen LogP contribution is -2.21.